The van der Waals surface area contributed by atoms with Gasteiger partial charge in [0.1, 0.15) is 0 Å². The first-order valence-electron chi connectivity index (χ1n) is 8.14. The number of nitrogens with zero attached hydrogens (tertiary/aromatic N) is 2. The Morgan fingerprint density at radius 1 is 0.864 bits per heavy atom. The summed E-state index contributed by atoms with van der Waals surface area (Å²) in [6, 6.07) is 17.5. The summed E-state index contributed by atoms with van der Waals surface area (Å²) in [5.74, 6) is 0. The molecule has 1 heterocycles. The van der Waals surface area contributed by atoms with Gasteiger partial charge in [-0.3, -0.25) is 0 Å². The van der Waals surface area contributed by atoms with Crippen LogP contribution in [0, 0.1) is 0 Å². The maximum absolute atomic E-state index is 2.50. The molecule has 0 fully saturated rings. The molecule has 0 unspecified atom stereocenters. The van der Waals surface area contributed by atoms with Crippen molar-refractivity contribution in [2.75, 3.05) is 38.1 Å². The molecule has 0 saturated carbocycles. The van der Waals surface area contributed by atoms with Crippen molar-refractivity contribution in [1.82, 2.24) is 0 Å². The molecule has 2 aromatic rings. The number of benzene rings is 2. The maximum atomic E-state index is 2.50. The predicted octanol–water partition coefficient (Wildman–Crippen LogP) is 4.78. The van der Waals surface area contributed by atoms with Crippen LogP contribution in [0.25, 0.3) is 0 Å². The second-order valence-electron chi connectivity index (χ2n) is 6.16. The molecule has 1 aliphatic rings. The van der Waals surface area contributed by atoms with Gasteiger partial charge < -0.3 is 9.38 Å². The van der Waals surface area contributed by atoms with Crippen molar-refractivity contribution >= 4 is 23.1 Å². The zero-order valence-corrected chi connectivity index (χ0v) is 14.6. The molecule has 0 aliphatic carbocycles. The number of quaternary nitrogens is 1. The zero-order valence-electron chi connectivity index (χ0n) is 13.7. The standard InChI is InChI=1S/C19H25N2S/c1-4-21(3,5-2)15-14-20-16-10-6-8-12-18(16)22-19-13-9-7-11-17(19)20/h6-13H,4-5,14-15H2,1-3H3/q+1. The monoisotopic (exact) mass is 313 g/mol. The van der Waals surface area contributed by atoms with Crippen molar-refractivity contribution in [2.24, 2.45) is 0 Å². The molecule has 2 nitrogen and oxygen atoms in total. The van der Waals surface area contributed by atoms with Gasteiger partial charge in [-0.1, -0.05) is 36.0 Å². The number of likely N-dealkylation sites (N-methyl/N-ethyl adjacent to an activating group) is 1. The van der Waals surface area contributed by atoms with E-state index in [0.29, 0.717) is 0 Å². The SMILES string of the molecule is CC[N+](C)(CC)CCN1c2ccccc2Sc2ccccc21. The van der Waals surface area contributed by atoms with Crippen LogP contribution < -0.4 is 4.90 Å². The Hall–Kier alpha value is -1.45. The van der Waals surface area contributed by atoms with Crippen LogP contribution >= 0.6 is 11.8 Å². The van der Waals surface area contributed by atoms with Gasteiger partial charge in [0.05, 0.1) is 44.6 Å². The van der Waals surface area contributed by atoms with Gasteiger partial charge in [-0.05, 0) is 38.1 Å². The third-order valence-electron chi connectivity index (χ3n) is 4.92. The van der Waals surface area contributed by atoms with Crippen LogP contribution in [0.3, 0.4) is 0 Å². The van der Waals surface area contributed by atoms with Crippen molar-refractivity contribution in [1.29, 1.82) is 0 Å². The first kappa shape index (κ1) is 15.4. The molecule has 3 rings (SSSR count). The van der Waals surface area contributed by atoms with Crippen LogP contribution in [-0.2, 0) is 0 Å². The molecule has 0 radical (unpaired) electrons. The van der Waals surface area contributed by atoms with E-state index >= 15 is 0 Å². The van der Waals surface area contributed by atoms with Crippen LogP contribution in [0.4, 0.5) is 11.4 Å². The number of rotatable bonds is 5. The Kier molecular flexibility index (Phi) is 4.46. The molecule has 0 bridgehead atoms. The van der Waals surface area contributed by atoms with Gasteiger partial charge in [0.15, 0.2) is 0 Å². The summed E-state index contributed by atoms with van der Waals surface area (Å²) in [7, 11) is 2.36. The Morgan fingerprint density at radius 2 is 1.36 bits per heavy atom. The van der Waals surface area contributed by atoms with Crippen molar-refractivity contribution in [3.05, 3.63) is 48.5 Å². The fourth-order valence-electron chi connectivity index (χ4n) is 2.90. The van der Waals surface area contributed by atoms with Crippen LogP contribution in [0.5, 0.6) is 0 Å². The third-order valence-corrected chi connectivity index (χ3v) is 6.05. The molecule has 0 amide bonds. The quantitative estimate of drug-likeness (QED) is 0.731. The van der Waals surface area contributed by atoms with Crippen LogP contribution in [0.2, 0.25) is 0 Å². The summed E-state index contributed by atoms with van der Waals surface area (Å²) >= 11 is 1.88. The van der Waals surface area contributed by atoms with Gasteiger partial charge in [0.2, 0.25) is 0 Å². The van der Waals surface area contributed by atoms with Crippen LogP contribution in [-0.4, -0.2) is 37.7 Å². The van der Waals surface area contributed by atoms with Crippen molar-refractivity contribution in [3.63, 3.8) is 0 Å². The number of para-hydroxylation sites is 2. The van der Waals surface area contributed by atoms with E-state index in [9.17, 15) is 0 Å². The average Bonchev–Trinajstić information content (AvgIpc) is 2.58. The van der Waals surface area contributed by atoms with E-state index < -0.39 is 0 Å². The Labute approximate surface area is 138 Å². The number of hydrogen-bond donors (Lipinski definition) is 0. The molecule has 0 N–H and O–H groups in total. The maximum Gasteiger partial charge on any atom is 0.0966 e. The van der Waals surface area contributed by atoms with Gasteiger partial charge >= 0.3 is 0 Å². The molecule has 1 aliphatic heterocycles. The highest BCUT2D eigenvalue weighted by Crippen LogP contribution is 2.47. The molecule has 2 aromatic carbocycles. The molecule has 22 heavy (non-hydrogen) atoms. The first-order chi connectivity index (χ1) is 10.7. The Balaban J connectivity index is 1.93. The van der Waals surface area contributed by atoms with Gasteiger partial charge in [0.25, 0.3) is 0 Å². The molecule has 0 spiro atoms. The lowest BCUT2D eigenvalue weighted by molar-refractivity contribution is -0.904. The van der Waals surface area contributed by atoms with E-state index in [1.807, 2.05) is 11.8 Å². The topological polar surface area (TPSA) is 3.24 Å². The first-order valence-corrected chi connectivity index (χ1v) is 8.95. The molecule has 0 atom stereocenters. The highest BCUT2D eigenvalue weighted by atomic mass is 32.2. The number of hydrogen-bond acceptors (Lipinski definition) is 2. The molecule has 0 saturated heterocycles. The van der Waals surface area contributed by atoms with Crippen LogP contribution in [0.15, 0.2) is 58.3 Å². The van der Waals surface area contributed by atoms with Crippen molar-refractivity contribution in [3.8, 4) is 0 Å². The molecule has 3 heteroatoms. The van der Waals surface area contributed by atoms with Crippen LogP contribution in [0.1, 0.15) is 13.8 Å². The minimum atomic E-state index is 1.06. The normalized spacial score (nSPS) is 13.7. The fraction of sp³-hybridized carbons (Fsp3) is 0.368. The van der Waals surface area contributed by atoms with E-state index in [1.165, 1.54) is 40.8 Å². The third kappa shape index (κ3) is 2.88. The van der Waals surface area contributed by atoms with E-state index in [4.69, 9.17) is 0 Å². The van der Waals surface area contributed by atoms with Crippen molar-refractivity contribution in [2.45, 2.75) is 23.6 Å². The summed E-state index contributed by atoms with van der Waals surface area (Å²) in [5, 5.41) is 0. The number of anilines is 2. The van der Waals surface area contributed by atoms with Gasteiger partial charge in [-0.2, -0.15) is 0 Å². The molecular weight excluding hydrogens is 288 g/mol. The molecule has 116 valence electrons. The molecular formula is C19H25N2S+. The lowest BCUT2D eigenvalue weighted by atomic mass is 10.2. The Morgan fingerprint density at radius 3 is 1.86 bits per heavy atom. The second-order valence-corrected chi connectivity index (χ2v) is 7.25. The zero-order chi connectivity index (χ0) is 15.6. The Bertz CT molecular complexity index is 604. The summed E-state index contributed by atoms with van der Waals surface area (Å²) in [5.41, 5.74) is 2.70. The second kappa shape index (κ2) is 6.35. The van der Waals surface area contributed by atoms with Crippen molar-refractivity contribution < 1.29 is 4.48 Å². The highest BCUT2D eigenvalue weighted by Gasteiger charge is 2.25. The predicted molar refractivity (Wildman–Crippen MR) is 96.1 cm³/mol. The van der Waals surface area contributed by atoms with E-state index in [2.05, 4.69) is 74.3 Å². The molecule has 0 aromatic heterocycles. The summed E-state index contributed by atoms with van der Waals surface area (Å²) in [6.07, 6.45) is 0. The minimum absolute atomic E-state index is 1.06. The van der Waals surface area contributed by atoms with Gasteiger partial charge in [0, 0.05) is 9.79 Å². The number of fused-ring (bicyclic) bond motifs is 2. The van der Waals surface area contributed by atoms with Gasteiger partial charge in [-0.15, -0.1) is 0 Å². The van der Waals surface area contributed by atoms with E-state index in [0.717, 1.165) is 11.0 Å². The summed E-state index contributed by atoms with van der Waals surface area (Å²) in [6.45, 7) is 9.17. The fourth-order valence-corrected chi connectivity index (χ4v) is 4.00. The lowest BCUT2D eigenvalue weighted by Gasteiger charge is -2.37. The minimum Gasteiger partial charge on any atom is -0.334 e. The van der Waals surface area contributed by atoms with E-state index in [-0.39, 0.29) is 0 Å². The average molecular weight is 313 g/mol. The largest absolute Gasteiger partial charge is 0.334 e. The van der Waals surface area contributed by atoms with E-state index in [1.54, 1.807) is 0 Å². The summed E-state index contributed by atoms with van der Waals surface area (Å²) < 4.78 is 1.12. The van der Waals surface area contributed by atoms with Gasteiger partial charge in [-0.25, -0.2) is 0 Å². The smallest absolute Gasteiger partial charge is 0.0966 e. The summed E-state index contributed by atoms with van der Waals surface area (Å²) in [4.78, 5) is 5.23. The highest BCUT2D eigenvalue weighted by molar-refractivity contribution is 7.99. The lowest BCUT2D eigenvalue weighted by Crippen LogP contribution is -2.48.